The van der Waals surface area contributed by atoms with Gasteiger partial charge in [0.2, 0.25) is 0 Å². The first-order chi connectivity index (χ1) is 9.53. The molecule has 0 fully saturated rings. The van der Waals surface area contributed by atoms with Gasteiger partial charge in [-0.2, -0.15) is 0 Å². The quantitative estimate of drug-likeness (QED) is 0.822. The number of carbonyl (C=O) groups excluding carboxylic acids is 1. The molecule has 2 rings (SSSR count). The number of halogens is 1. The lowest BCUT2D eigenvalue weighted by Gasteiger charge is -2.36. The van der Waals surface area contributed by atoms with Gasteiger partial charge in [-0.15, -0.1) is 0 Å². The van der Waals surface area contributed by atoms with Gasteiger partial charge in [-0.05, 0) is 49.4 Å². The molecule has 1 aromatic rings. The van der Waals surface area contributed by atoms with E-state index in [2.05, 4.69) is 13.0 Å². The topological polar surface area (TPSA) is 26.3 Å². The Labute approximate surface area is 125 Å². The number of ether oxygens (including phenoxy) is 1. The van der Waals surface area contributed by atoms with E-state index in [0.29, 0.717) is 18.6 Å². The maximum absolute atomic E-state index is 12.6. The Morgan fingerprint density at radius 1 is 1.45 bits per heavy atom. The van der Waals surface area contributed by atoms with Crippen molar-refractivity contribution in [2.24, 2.45) is 0 Å². The first kappa shape index (κ1) is 15.1. The Bertz CT molecular complexity index is 544. The van der Waals surface area contributed by atoms with Gasteiger partial charge in [0, 0.05) is 11.5 Å². The fraction of sp³-hybridized carbons (Fsp3) is 0.471. The van der Waals surface area contributed by atoms with E-state index in [0.717, 1.165) is 29.2 Å². The molecule has 0 spiro atoms. The van der Waals surface area contributed by atoms with E-state index in [1.807, 2.05) is 25.1 Å². The van der Waals surface area contributed by atoms with Crippen LogP contribution >= 0.6 is 11.6 Å². The van der Waals surface area contributed by atoms with Crippen LogP contribution in [0.5, 0.6) is 5.75 Å². The predicted octanol–water partition coefficient (Wildman–Crippen LogP) is 4.39. The molecular weight excluding hydrogens is 272 g/mol. The highest BCUT2D eigenvalue weighted by Crippen LogP contribution is 2.42. The monoisotopic (exact) mass is 292 g/mol. The zero-order valence-corrected chi connectivity index (χ0v) is 13.1. The molecule has 1 aliphatic carbocycles. The number of carbonyl (C=O) groups is 1. The summed E-state index contributed by atoms with van der Waals surface area (Å²) >= 11 is 5.97. The zero-order valence-electron chi connectivity index (χ0n) is 12.3. The number of aryl methyl sites for hydroxylation is 1. The number of methoxy groups -OCH3 is 1. The molecule has 1 aliphatic rings. The smallest absolute Gasteiger partial charge is 0.144 e. The Hall–Kier alpha value is -1.28. The van der Waals surface area contributed by atoms with Crippen molar-refractivity contribution in [3.05, 3.63) is 40.4 Å². The zero-order chi connectivity index (χ0) is 14.8. The molecule has 0 bridgehead atoms. The van der Waals surface area contributed by atoms with Gasteiger partial charge in [-0.3, -0.25) is 4.79 Å². The van der Waals surface area contributed by atoms with Crippen molar-refractivity contribution in [2.75, 3.05) is 7.11 Å². The first-order valence-corrected chi connectivity index (χ1v) is 7.44. The molecule has 108 valence electrons. The molecule has 0 N–H and O–H groups in total. The van der Waals surface area contributed by atoms with Crippen LogP contribution in [-0.2, 0) is 16.6 Å². The summed E-state index contributed by atoms with van der Waals surface area (Å²) in [6.45, 7) is 3.93. The number of hydrogen-bond donors (Lipinski definition) is 0. The van der Waals surface area contributed by atoms with Gasteiger partial charge in [-0.25, -0.2) is 0 Å². The number of rotatable bonds is 4. The van der Waals surface area contributed by atoms with Crippen LogP contribution in [0.4, 0.5) is 0 Å². The standard InChI is InChI=1S/C17H21ClO2/c1-4-17(10-9-12(2)18)15-7-6-14(20-3)11-13(15)5-8-16(17)19/h6-7,9,11H,4-5,8,10H2,1-3H3. The fourth-order valence-corrected chi connectivity index (χ4v) is 3.16. The highest BCUT2D eigenvalue weighted by atomic mass is 35.5. The number of hydrogen-bond acceptors (Lipinski definition) is 2. The lowest BCUT2D eigenvalue weighted by molar-refractivity contribution is -0.125. The van der Waals surface area contributed by atoms with E-state index in [1.54, 1.807) is 7.11 Å². The molecule has 0 heterocycles. The van der Waals surface area contributed by atoms with E-state index in [4.69, 9.17) is 16.3 Å². The van der Waals surface area contributed by atoms with Gasteiger partial charge in [0.15, 0.2) is 0 Å². The summed E-state index contributed by atoms with van der Waals surface area (Å²) in [6.07, 6.45) is 4.84. The van der Waals surface area contributed by atoms with Gasteiger partial charge in [0.1, 0.15) is 11.5 Å². The molecule has 2 nitrogen and oxygen atoms in total. The van der Waals surface area contributed by atoms with E-state index in [-0.39, 0.29) is 0 Å². The van der Waals surface area contributed by atoms with Gasteiger partial charge in [0.05, 0.1) is 12.5 Å². The minimum atomic E-state index is -0.421. The molecular formula is C17H21ClO2. The van der Waals surface area contributed by atoms with Crippen LogP contribution in [0.25, 0.3) is 0 Å². The highest BCUT2D eigenvalue weighted by Gasteiger charge is 2.41. The van der Waals surface area contributed by atoms with Crippen molar-refractivity contribution in [1.29, 1.82) is 0 Å². The van der Waals surface area contributed by atoms with Gasteiger partial charge < -0.3 is 4.74 Å². The van der Waals surface area contributed by atoms with Gasteiger partial charge in [0.25, 0.3) is 0 Å². The molecule has 20 heavy (non-hydrogen) atoms. The van der Waals surface area contributed by atoms with Crippen LogP contribution in [-0.4, -0.2) is 12.9 Å². The molecule has 0 aliphatic heterocycles. The minimum absolute atomic E-state index is 0.326. The van der Waals surface area contributed by atoms with Crippen molar-refractivity contribution >= 4 is 17.4 Å². The summed E-state index contributed by atoms with van der Waals surface area (Å²) in [4.78, 5) is 12.6. The van der Waals surface area contributed by atoms with Crippen LogP contribution < -0.4 is 4.74 Å². The predicted molar refractivity (Wildman–Crippen MR) is 82.5 cm³/mol. The van der Waals surface area contributed by atoms with Crippen LogP contribution in [0.3, 0.4) is 0 Å². The van der Waals surface area contributed by atoms with Crippen LogP contribution in [0.15, 0.2) is 29.3 Å². The second-order valence-corrected chi connectivity index (χ2v) is 5.97. The van der Waals surface area contributed by atoms with E-state index in [1.165, 1.54) is 5.56 Å². The Kier molecular flexibility index (Phi) is 4.54. The molecule has 0 aromatic heterocycles. The van der Waals surface area contributed by atoms with Crippen molar-refractivity contribution in [1.82, 2.24) is 0 Å². The summed E-state index contributed by atoms with van der Waals surface area (Å²) in [5.41, 5.74) is 1.95. The fourth-order valence-electron chi connectivity index (χ4n) is 3.08. The van der Waals surface area contributed by atoms with E-state index >= 15 is 0 Å². The molecule has 1 atom stereocenters. The summed E-state index contributed by atoms with van der Waals surface area (Å²) in [5.74, 6) is 1.18. The van der Waals surface area contributed by atoms with E-state index < -0.39 is 5.41 Å². The summed E-state index contributed by atoms with van der Waals surface area (Å²) in [6, 6.07) is 6.05. The summed E-state index contributed by atoms with van der Waals surface area (Å²) < 4.78 is 5.29. The average Bonchev–Trinajstić information content (AvgIpc) is 2.46. The molecule has 3 heteroatoms. The van der Waals surface area contributed by atoms with Crippen LogP contribution in [0.1, 0.15) is 44.2 Å². The Morgan fingerprint density at radius 3 is 2.80 bits per heavy atom. The Morgan fingerprint density at radius 2 is 2.20 bits per heavy atom. The Balaban J connectivity index is 2.51. The van der Waals surface area contributed by atoms with Crippen LogP contribution in [0.2, 0.25) is 0 Å². The first-order valence-electron chi connectivity index (χ1n) is 7.06. The maximum atomic E-state index is 12.6. The third-order valence-electron chi connectivity index (χ3n) is 4.32. The van der Waals surface area contributed by atoms with E-state index in [9.17, 15) is 4.79 Å². The van der Waals surface area contributed by atoms with Crippen molar-refractivity contribution in [3.63, 3.8) is 0 Å². The maximum Gasteiger partial charge on any atom is 0.144 e. The number of allylic oxidation sites excluding steroid dienone is 2. The SMILES string of the molecule is CCC1(CC=C(C)Cl)C(=O)CCc2cc(OC)ccc21. The average molecular weight is 293 g/mol. The minimum Gasteiger partial charge on any atom is -0.497 e. The number of Topliss-reactive ketones (excluding diaryl/α,β-unsaturated/α-hetero) is 1. The third-order valence-corrected chi connectivity index (χ3v) is 4.47. The second kappa shape index (κ2) is 6.01. The third kappa shape index (κ3) is 2.62. The van der Waals surface area contributed by atoms with Crippen LogP contribution in [0, 0.1) is 0 Å². The lowest BCUT2D eigenvalue weighted by Crippen LogP contribution is -2.39. The van der Waals surface area contributed by atoms with Crippen molar-refractivity contribution in [2.45, 2.75) is 44.9 Å². The second-order valence-electron chi connectivity index (χ2n) is 5.38. The normalized spacial score (nSPS) is 22.6. The largest absolute Gasteiger partial charge is 0.497 e. The molecule has 0 radical (unpaired) electrons. The molecule has 0 saturated carbocycles. The lowest BCUT2D eigenvalue weighted by atomic mass is 9.65. The summed E-state index contributed by atoms with van der Waals surface area (Å²) in [5, 5.41) is 0.742. The molecule has 1 unspecified atom stereocenters. The number of benzene rings is 1. The van der Waals surface area contributed by atoms with Gasteiger partial charge >= 0.3 is 0 Å². The molecule has 1 aromatic carbocycles. The highest BCUT2D eigenvalue weighted by molar-refractivity contribution is 6.29. The molecule has 0 amide bonds. The number of ketones is 1. The van der Waals surface area contributed by atoms with Gasteiger partial charge in [-0.1, -0.05) is 30.7 Å². The van der Waals surface area contributed by atoms with Crippen molar-refractivity contribution in [3.8, 4) is 5.75 Å². The number of fused-ring (bicyclic) bond motifs is 1. The summed E-state index contributed by atoms with van der Waals surface area (Å²) in [7, 11) is 1.67. The van der Waals surface area contributed by atoms with Crippen molar-refractivity contribution < 1.29 is 9.53 Å². The molecule has 0 saturated heterocycles.